The molecule has 1 fully saturated rings. The molecule has 1 rings (SSSR count). The molecule has 0 aromatic heterocycles. The van der Waals surface area contributed by atoms with E-state index in [1.54, 1.807) is 0 Å². The highest BCUT2D eigenvalue weighted by Gasteiger charge is 2.23. The van der Waals surface area contributed by atoms with Crippen molar-refractivity contribution in [2.24, 2.45) is 0 Å². The Hall–Kier alpha value is 0.170. The summed E-state index contributed by atoms with van der Waals surface area (Å²) in [5.74, 6) is 0. The fourth-order valence-corrected chi connectivity index (χ4v) is 2.00. The molecule has 1 N–H and O–H groups in total. The lowest BCUT2D eigenvalue weighted by Crippen LogP contribution is -2.55. The minimum atomic E-state index is 0. The van der Waals surface area contributed by atoms with Crippen LogP contribution in [0.5, 0.6) is 0 Å². The fourth-order valence-electron chi connectivity index (χ4n) is 2.00. The van der Waals surface area contributed by atoms with Gasteiger partial charge in [0.1, 0.15) is 0 Å². The van der Waals surface area contributed by atoms with Crippen LogP contribution in [-0.4, -0.2) is 49.3 Å². The Morgan fingerprint density at radius 3 is 2.27 bits per heavy atom. The third-order valence-electron chi connectivity index (χ3n) is 2.81. The van der Waals surface area contributed by atoms with Crippen LogP contribution in [0.25, 0.3) is 0 Å². The molecule has 0 unspecified atom stereocenters. The van der Waals surface area contributed by atoms with E-state index in [0.717, 1.165) is 26.2 Å². The summed E-state index contributed by atoms with van der Waals surface area (Å²) < 4.78 is 5.58. The number of hydrogen-bond donors (Lipinski definition) is 1. The number of rotatable bonds is 4. The van der Waals surface area contributed by atoms with Gasteiger partial charge in [-0.3, -0.25) is 4.90 Å². The maximum absolute atomic E-state index is 5.58. The minimum absolute atomic E-state index is 0. The van der Waals surface area contributed by atoms with Gasteiger partial charge in [-0.2, -0.15) is 0 Å². The van der Waals surface area contributed by atoms with E-state index in [1.807, 2.05) is 0 Å². The van der Waals surface area contributed by atoms with Gasteiger partial charge < -0.3 is 10.1 Å². The van der Waals surface area contributed by atoms with Gasteiger partial charge in [0, 0.05) is 31.7 Å². The lowest BCUT2D eigenvalue weighted by atomic mass is 10.1. The second-order valence-electron chi connectivity index (χ2n) is 4.51. The van der Waals surface area contributed by atoms with Crippen molar-refractivity contribution in [1.29, 1.82) is 0 Å². The van der Waals surface area contributed by atoms with Crippen molar-refractivity contribution < 1.29 is 4.74 Å². The number of ether oxygens (including phenoxy) is 1. The van der Waals surface area contributed by atoms with Crippen LogP contribution in [0.1, 0.15) is 27.7 Å². The molecule has 2 atom stereocenters. The maximum atomic E-state index is 5.58. The van der Waals surface area contributed by atoms with Gasteiger partial charge in [0.25, 0.3) is 0 Å². The maximum Gasteiger partial charge on any atom is 0.0597 e. The third kappa shape index (κ3) is 5.16. The first-order valence-corrected chi connectivity index (χ1v) is 5.69. The Labute approximate surface area is 100.0 Å². The van der Waals surface area contributed by atoms with Crippen LogP contribution >= 0.6 is 12.4 Å². The Bertz CT molecular complexity index is 157. The summed E-state index contributed by atoms with van der Waals surface area (Å²) in [5, 5.41) is 3.43. The SMILES string of the molecule is CC(C)OCCN1[C@H](C)CNC[C@@H]1C.Cl. The molecule has 0 aromatic carbocycles. The molecule has 0 amide bonds. The Morgan fingerprint density at radius 2 is 1.80 bits per heavy atom. The molecule has 92 valence electrons. The van der Waals surface area contributed by atoms with Crippen molar-refractivity contribution in [3.63, 3.8) is 0 Å². The topological polar surface area (TPSA) is 24.5 Å². The molecule has 1 saturated heterocycles. The Balaban J connectivity index is 0.00000196. The number of nitrogens with zero attached hydrogens (tertiary/aromatic N) is 1. The summed E-state index contributed by atoms with van der Waals surface area (Å²) in [6, 6.07) is 1.27. The first-order chi connectivity index (χ1) is 6.61. The highest BCUT2D eigenvalue weighted by molar-refractivity contribution is 5.85. The predicted octanol–water partition coefficient (Wildman–Crippen LogP) is 1.52. The number of piperazine rings is 1. The molecule has 0 bridgehead atoms. The van der Waals surface area contributed by atoms with Crippen molar-refractivity contribution in [3.05, 3.63) is 0 Å². The van der Waals surface area contributed by atoms with Gasteiger partial charge in [0.05, 0.1) is 12.7 Å². The van der Waals surface area contributed by atoms with E-state index in [1.165, 1.54) is 0 Å². The second-order valence-corrected chi connectivity index (χ2v) is 4.51. The summed E-state index contributed by atoms with van der Waals surface area (Å²) in [4.78, 5) is 2.53. The van der Waals surface area contributed by atoms with Crippen LogP contribution in [0.2, 0.25) is 0 Å². The first-order valence-electron chi connectivity index (χ1n) is 5.69. The largest absolute Gasteiger partial charge is 0.377 e. The van der Waals surface area contributed by atoms with Crippen molar-refractivity contribution in [2.75, 3.05) is 26.2 Å². The summed E-state index contributed by atoms with van der Waals surface area (Å²) in [6.07, 6.45) is 0.350. The molecule has 0 aromatic rings. The monoisotopic (exact) mass is 236 g/mol. The van der Waals surface area contributed by atoms with Gasteiger partial charge in [-0.15, -0.1) is 12.4 Å². The first kappa shape index (κ1) is 15.2. The Kier molecular flexibility index (Phi) is 7.53. The normalized spacial score (nSPS) is 27.8. The molecule has 1 aliphatic heterocycles. The zero-order chi connectivity index (χ0) is 10.6. The molecule has 1 aliphatic rings. The van der Waals surface area contributed by atoms with Gasteiger partial charge >= 0.3 is 0 Å². The second kappa shape index (κ2) is 7.44. The quantitative estimate of drug-likeness (QED) is 0.801. The average molecular weight is 237 g/mol. The summed E-state index contributed by atoms with van der Waals surface area (Å²) in [5.41, 5.74) is 0. The lowest BCUT2D eigenvalue weighted by Gasteiger charge is -2.39. The van der Waals surface area contributed by atoms with Gasteiger partial charge in [-0.25, -0.2) is 0 Å². The van der Waals surface area contributed by atoms with E-state index in [9.17, 15) is 0 Å². The van der Waals surface area contributed by atoms with Crippen LogP contribution < -0.4 is 5.32 Å². The van der Waals surface area contributed by atoms with Crippen LogP contribution in [0, 0.1) is 0 Å². The predicted molar refractivity (Wildman–Crippen MR) is 66.8 cm³/mol. The molecule has 0 saturated carbocycles. The fraction of sp³-hybridized carbons (Fsp3) is 1.00. The van der Waals surface area contributed by atoms with Crippen LogP contribution in [-0.2, 0) is 4.74 Å². The summed E-state index contributed by atoms with van der Waals surface area (Å²) in [7, 11) is 0. The highest BCUT2D eigenvalue weighted by Crippen LogP contribution is 2.08. The molecule has 1 heterocycles. The average Bonchev–Trinajstić information content (AvgIpc) is 2.09. The van der Waals surface area contributed by atoms with Crippen molar-refractivity contribution >= 4 is 12.4 Å². The standard InChI is InChI=1S/C11H24N2O.ClH/c1-9(2)14-6-5-13-10(3)7-12-8-11(13)4;/h9-12H,5-8H2,1-4H3;1H/t10-,11+;. The van der Waals surface area contributed by atoms with Gasteiger partial charge in [0.2, 0.25) is 0 Å². The van der Waals surface area contributed by atoms with Crippen LogP contribution in [0.3, 0.4) is 0 Å². The zero-order valence-corrected chi connectivity index (χ0v) is 11.1. The van der Waals surface area contributed by atoms with E-state index >= 15 is 0 Å². The van der Waals surface area contributed by atoms with E-state index in [0.29, 0.717) is 18.2 Å². The molecule has 0 spiro atoms. The summed E-state index contributed by atoms with van der Waals surface area (Å²) in [6.45, 7) is 12.8. The summed E-state index contributed by atoms with van der Waals surface area (Å²) >= 11 is 0. The Morgan fingerprint density at radius 1 is 1.27 bits per heavy atom. The third-order valence-corrected chi connectivity index (χ3v) is 2.81. The molecular formula is C11H25ClN2O. The van der Waals surface area contributed by atoms with Crippen molar-refractivity contribution in [3.8, 4) is 0 Å². The van der Waals surface area contributed by atoms with E-state index < -0.39 is 0 Å². The molecule has 0 aliphatic carbocycles. The minimum Gasteiger partial charge on any atom is -0.377 e. The van der Waals surface area contributed by atoms with E-state index in [-0.39, 0.29) is 12.4 Å². The number of nitrogens with one attached hydrogen (secondary N) is 1. The van der Waals surface area contributed by atoms with Crippen molar-refractivity contribution in [1.82, 2.24) is 10.2 Å². The van der Waals surface area contributed by atoms with Gasteiger partial charge in [0.15, 0.2) is 0 Å². The number of halogens is 1. The van der Waals surface area contributed by atoms with E-state index in [4.69, 9.17) is 4.74 Å². The molecule has 4 heteroatoms. The van der Waals surface area contributed by atoms with Gasteiger partial charge in [-0.1, -0.05) is 0 Å². The van der Waals surface area contributed by atoms with Crippen LogP contribution in [0.15, 0.2) is 0 Å². The molecule has 15 heavy (non-hydrogen) atoms. The molecule has 3 nitrogen and oxygen atoms in total. The van der Waals surface area contributed by atoms with Gasteiger partial charge in [-0.05, 0) is 27.7 Å². The van der Waals surface area contributed by atoms with Crippen LogP contribution in [0.4, 0.5) is 0 Å². The van der Waals surface area contributed by atoms with Crippen molar-refractivity contribution in [2.45, 2.75) is 45.9 Å². The lowest BCUT2D eigenvalue weighted by molar-refractivity contribution is 0.0303. The highest BCUT2D eigenvalue weighted by atomic mass is 35.5. The zero-order valence-electron chi connectivity index (χ0n) is 10.3. The van der Waals surface area contributed by atoms with E-state index in [2.05, 4.69) is 37.9 Å². The number of hydrogen-bond acceptors (Lipinski definition) is 3. The molecule has 0 radical (unpaired) electrons. The molecular weight excluding hydrogens is 212 g/mol. The smallest absolute Gasteiger partial charge is 0.0597 e.